The Morgan fingerprint density at radius 3 is 2.31 bits per heavy atom. The molecule has 3 aromatic rings. The number of amides is 1. The van der Waals surface area contributed by atoms with Gasteiger partial charge in [-0.3, -0.25) is 9.52 Å². The molecule has 0 unspecified atom stereocenters. The van der Waals surface area contributed by atoms with Crippen molar-refractivity contribution in [2.75, 3.05) is 16.6 Å². The summed E-state index contributed by atoms with van der Waals surface area (Å²) in [7, 11) is -4.09. The molecule has 9 heteroatoms. The quantitative estimate of drug-likeness (QED) is 0.483. The maximum absolute atomic E-state index is 13.3. The van der Waals surface area contributed by atoms with Crippen LogP contribution >= 0.6 is 0 Å². The molecule has 0 fully saturated rings. The van der Waals surface area contributed by atoms with E-state index in [-0.39, 0.29) is 18.0 Å². The molecule has 3 rings (SSSR count). The average Bonchev–Trinajstić information content (AvgIpc) is 2.76. The molecule has 0 spiro atoms. The van der Waals surface area contributed by atoms with Crippen molar-refractivity contribution in [2.24, 2.45) is 0 Å². The van der Waals surface area contributed by atoms with Crippen LogP contribution in [0.4, 0.5) is 20.2 Å². The second kappa shape index (κ2) is 10.2. The van der Waals surface area contributed by atoms with Gasteiger partial charge in [0.1, 0.15) is 5.75 Å². The van der Waals surface area contributed by atoms with E-state index in [4.69, 9.17) is 4.74 Å². The van der Waals surface area contributed by atoms with Crippen molar-refractivity contribution in [1.82, 2.24) is 0 Å². The summed E-state index contributed by atoms with van der Waals surface area (Å²) in [4.78, 5) is 11.9. The van der Waals surface area contributed by atoms with Gasteiger partial charge in [0.2, 0.25) is 5.91 Å². The molecule has 0 aliphatic rings. The minimum absolute atomic E-state index is 0.202. The van der Waals surface area contributed by atoms with Crippen LogP contribution in [0.2, 0.25) is 0 Å². The number of ether oxygens (including phenoxy) is 1. The Morgan fingerprint density at radius 1 is 0.938 bits per heavy atom. The lowest BCUT2D eigenvalue weighted by Crippen LogP contribution is -2.14. The summed E-state index contributed by atoms with van der Waals surface area (Å²) >= 11 is 0. The molecule has 0 bridgehead atoms. The Hall–Kier alpha value is -3.46. The predicted molar refractivity (Wildman–Crippen MR) is 118 cm³/mol. The Balaban J connectivity index is 1.58. The molecule has 0 heterocycles. The molecule has 1 amide bonds. The van der Waals surface area contributed by atoms with E-state index in [2.05, 4.69) is 10.0 Å². The van der Waals surface area contributed by atoms with Gasteiger partial charge in [-0.2, -0.15) is 0 Å². The maximum atomic E-state index is 13.3. The molecule has 0 saturated heterocycles. The molecule has 0 atom stereocenters. The fourth-order valence-corrected chi connectivity index (χ4v) is 4.03. The van der Waals surface area contributed by atoms with E-state index < -0.39 is 26.6 Å². The van der Waals surface area contributed by atoms with E-state index in [9.17, 15) is 22.0 Å². The van der Waals surface area contributed by atoms with Gasteiger partial charge in [0.15, 0.2) is 11.6 Å². The van der Waals surface area contributed by atoms with Gasteiger partial charge in [0.05, 0.1) is 11.5 Å². The zero-order valence-corrected chi connectivity index (χ0v) is 18.1. The lowest BCUT2D eigenvalue weighted by Gasteiger charge is -2.11. The van der Waals surface area contributed by atoms with Crippen LogP contribution in [0.25, 0.3) is 0 Å². The molecule has 0 saturated carbocycles. The van der Waals surface area contributed by atoms with Crippen LogP contribution < -0.4 is 14.8 Å². The largest absolute Gasteiger partial charge is 0.494 e. The highest BCUT2D eigenvalue weighted by Gasteiger charge is 2.17. The van der Waals surface area contributed by atoms with E-state index >= 15 is 0 Å². The van der Waals surface area contributed by atoms with Crippen LogP contribution in [0.3, 0.4) is 0 Å². The first-order valence-electron chi connectivity index (χ1n) is 9.87. The van der Waals surface area contributed by atoms with Gasteiger partial charge in [-0.15, -0.1) is 0 Å². The van der Waals surface area contributed by atoms with E-state index in [1.165, 1.54) is 24.3 Å². The van der Waals surface area contributed by atoms with Crippen LogP contribution in [-0.4, -0.2) is 20.9 Å². The Labute approximate surface area is 185 Å². The highest BCUT2D eigenvalue weighted by Crippen LogP contribution is 2.22. The van der Waals surface area contributed by atoms with E-state index in [0.29, 0.717) is 24.8 Å². The van der Waals surface area contributed by atoms with Crippen molar-refractivity contribution in [2.45, 2.75) is 24.7 Å². The fourth-order valence-electron chi connectivity index (χ4n) is 2.96. The molecule has 0 radical (unpaired) electrons. The van der Waals surface area contributed by atoms with Gasteiger partial charge < -0.3 is 10.1 Å². The number of carbonyl (C=O) groups excluding carboxylic acids is 1. The zero-order chi connectivity index (χ0) is 23.1. The summed E-state index contributed by atoms with van der Waals surface area (Å²) in [5.41, 5.74) is 1.63. The van der Waals surface area contributed by atoms with Crippen molar-refractivity contribution in [3.8, 4) is 5.75 Å². The number of carbonyl (C=O) groups is 1. The number of halogens is 2. The summed E-state index contributed by atoms with van der Waals surface area (Å²) < 4.78 is 58.9. The first-order valence-corrected chi connectivity index (χ1v) is 11.4. The number of rotatable bonds is 9. The fraction of sp³-hybridized carbons (Fsp3) is 0.174. The van der Waals surface area contributed by atoms with Crippen molar-refractivity contribution >= 4 is 27.3 Å². The van der Waals surface area contributed by atoms with Gasteiger partial charge in [-0.1, -0.05) is 18.2 Å². The molecule has 3 aromatic carbocycles. The molecule has 0 aliphatic carbocycles. The first-order chi connectivity index (χ1) is 15.3. The second-order valence-corrected chi connectivity index (χ2v) is 8.53. The van der Waals surface area contributed by atoms with Crippen LogP contribution in [0.15, 0.2) is 71.6 Å². The highest BCUT2D eigenvalue weighted by atomic mass is 32.2. The number of hydrogen-bond acceptors (Lipinski definition) is 4. The highest BCUT2D eigenvalue weighted by molar-refractivity contribution is 7.92. The SMILES string of the molecule is CCOc1ccccc1CCC(=O)Nc1ccc(NS(=O)(=O)c2ccc(F)c(F)c2)cc1. The number of anilines is 2. The van der Waals surface area contributed by atoms with Crippen molar-refractivity contribution in [1.29, 1.82) is 0 Å². The third-order valence-electron chi connectivity index (χ3n) is 4.52. The topological polar surface area (TPSA) is 84.5 Å². The monoisotopic (exact) mass is 460 g/mol. The van der Waals surface area contributed by atoms with Gasteiger partial charge in [-0.25, -0.2) is 17.2 Å². The third-order valence-corrected chi connectivity index (χ3v) is 5.90. The molecule has 6 nitrogen and oxygen atoms in total. The minimum atomic E-state index is -4.09. The number of para-hydroxylation sites is 1. The molecular weight excluding hydrogens is 438 g/mol. The van der Waals surface area contributed by atoms with Gasteiger partial charge >= 0.3 is 0 Å². The summed E-state index contributed by atoms with van der Waals surface area (Å²) in [6.07, 6.45) is 0.753. The van der Waals surface area contributed by atoms with Crippen molar-refractivity contribution in [3.05, 3.63) is 83.9 Å². The second-order valence-electron chi connectivity index (χ2n) is 6.85. The van der Waals surface area contributed by atoms with Crippen LogP contribution in [0.1, 0.15) is 18.9 Å². The Bertz CT molecular complexity index is 1200. The van der Waals surface area contributed by atoms with Crippen LogP contribution in [0, 0.1) is 11.6 Å². The Morgan fingerprint density at radius 2 is 1.62 bits per heavy atom. The lowest BCUT2D eigenvalue weighted by molar-refractivity contribution is -0.116. The maximum Gasteiger partial charge on any atom is 0.261 e. The van der Waals surface area contributed by atoms with E-state index in [1.807, 2.05) is 31.2 Å². The van der Waals surface area contributed by atoms with Gasteiger partial charge in [-0.05, 0) is 67.4 Å². The molecule has 0 aliphatic heterocycles. The predicted octanol–water partition coefficient (Wildman–Crippen LogP) is 4.74. The van der Waals surface area contributed by atoms with E-state index in [0.717, 1.165) is 23.4 Å². The van der Waals surface area contributed by atoms with Crippen LogP contribution in [0.5, 0.6) is 5.75 Å². The number of sulfonamides is 1. The lowest BCUT2D eigenvalue weighted by atomic mass is 10.1. The molecular formula is C23H22F2N2O4S. The van der Waals surface area contributed by atoms with E-state index in [1.54, 1.807) is 0 Å². The number of hydrogen-bond donors (Lipinski definition) is 2. The van der Waals surface area contributed by atoms with Crippen molar-refractivity contribution < 1.29 is 26.7 Å². The summed E-state index contributed by atoms with van der Waals surface area (Å²) in [6, 6.07) is 15.8. The molecule has 2 N–H and O–H groups in total. The number of aryl methyl sites for hydroxylation is 1. The van der Waals surface area contributed by atoms with Gasteiger partial charge in [0, 0.05) is 17.8 Å². The number of nitrogens with one attached hydrogen (secondary N) is 2. The summed E-state index contributed by atoms with van der Waals surface area (Å²) in [5, 5.41) is 2.75. The normalized spacial score (nSPS) is 11.1. The average molecular weight is 461 g/mol. The van der Waals surface area contributed by atoms with Crippen LogP contribution in [-0.2, 0) is 21.2 Å². The zero-order valence-electron chi connectivity index (χ0n) is 17.3. The Kier molecular flexibility index (Phi) is 7.42. The standard InChI is InChI=1S/C23H22F2N2O4S/c1-2-31-22-6-4-3-5-16(22)7-14-23(28)26-17-8-10-18(11-9-17)27-32(29,30)19-12-13-20(24)21(25)15-19/h3-6,8-13,15,27H,2,7,14H2,1H3,(H,26,28). The number of benzene rings is 3. The minimum Gasteiger partial charge on any atom is -0.494 e. The van der Waals surface area contributed by atoms with Gasteiger partial charge in [0.25, 0.3) is 10.0 Å². The smallest absolute Gasteiger partial charge is 0.261 e. The summed E-state index contributed by atoms with van der Waals surface area (Å²) in [5.74, 6) is -1.84. The summed E-state index contributed by atoms with van der Waals surface area (Å²) in [6.45, 7) is 2.43. The molecule has 168 valence electrons. The van der Waals surface area contributed by atoms with Crippen molar-refractivity contribution in [3.63, 3.8) is 0 Å². The molecule has 32 heavy (non-hydrogen) atoms. The first kappa shape index (κ1) is 23.2. The third kappa shape index (κ3) is 6.04. The molecule has 0 aromatic heterocycles.